The number of aromatic amines is 1. The fourth-order valence-corrected chi connectivity index (χ4v) is 4.59. The Morgan fingerprint density at radius 3 is 2.75 bits per heavy atom. The normalized spacial score (nSPS) is 20.5. The predicted molar refractivity (Wildman–Crippen MR) is 111 cm³/mol. The summed E-state index contributed by atoms with van der Waals surface area (Å²) in [5.41, 5.74) is 4.99. The van der Waals surface area contributed by atoms with Gasteiger partial charge >= 0.3 is 0 Å². The van der Waals surface area contributed by atoms with E-state index < -0.39 is 0 Å². The van der Waals surface area contributed by atoms with Gasteiger partial charge in [0.15, 0.2) is 5.82 Å². The number of aromatic nitrogens is 1. The second-order valence-electron chi connectivity index (χ2n) is 7.76. The van der Waals surface area contributed by atoms with Crippen molar-refractivity contribution in [2.75, 3.05) is 44.3 Å². The van der Waals surface area contributed by atoms with Gasteiger partial charge in [-0.3, -0.25) is 4.90 Å². The highest BCUT2D eigenvalue weighted by molar-refractivity contribution is 5.80. The summed E-state index contributed by atoms with van der Waals surface area (Å²) >= 11 is 0. The van der Waals surface area contributed by atoms with Gasteiger partial charge in [0.25, 0.3) is 0 Å². The second kappa shape index (κ2) is 7.22. The Morgan fingerprint density at radius 2 is 1.96 bits per heavy atom. The van der Waals surface area contributed by atoms with E-state index in [2.05, 4.69) is 52.0 Å². The zero-order valence-corrected chi connectivity index (χ0v) is 16.2. The van der Waals surface area contributed by atoms with Crippen molar-refractivity contribution >= 4 is 16.6 Å². The van der Waals surface area contributed by atoms with Crippen molar-refractivity contribution in [2.45, 2.75) is 19.4 Å². The van der Waals surface area contributed by atoms with Crippen molar-refractivity contribution in [3.8, 4) is 0 Å². The molecule has 3 heterocycles. The number of para-hydroxylation sites is 1. The molecule has 0 saturated carbocycles. The molecule has 1 unspecified atom stereocenters. The van der Waals surface area contributed by atoms with Crippen LogP contribution in [0.25, 0.3) is 10.9 Å². The Balaban J connectivity index is 1.58. The lowest BCUT2D eigenvalue weighted by Gasteiger charge is -2.36. The average molecular weight is 379 g/mol. The minimum Gasteiger partial charge on any atom is -0.378 e. The first kappa shape index (κ1) is 17.7. The molecule has 0 amide bonds. The van der Waals surface area contributed by atoms with Gasteiger partial charge in [-0.2, -0.15) is 0 Å². The minimum absolute atomic E-state index is 0.0568. The number of likely N-dealkylation sites (N-methyl/N-ethyl adjacent to an activating group) is 1. The van der Waals surface area contributed by atoms with Gasteiger partial charge in [0.2, 0.25) is 0 Å². The maximum absolute atomic E-state index is 15.6. The van der Waals surface area contributed by atoms with Crippen molar-refractivity contribution < 1.29 is 9.13 Å². The molecule has 4 nitrogen and oxygen atoms in total. The van der Waals surface area contributed by atoms with Gasteiger partial charge in [-0.25, -0.2) is 4.39 Å². The van der Waals surface area contributed by atoms with Crippen molar-refractivity contribution in [1.29, 1.82) is 0 Å². The number of H-pyrrole nitrogens is 1. The van der Waals surface area contributed by atoms with Crippen LogP contribution in [0.2, 0.25) is 0 Å². The van der Waals surface area contributed by atoms with Crippen LogP contribution in [0.15, 0.2) is 42.5 Å². The summed E-state index contributed by atoms with van der Waals surface area (Å²) in [5, 5.41) is 1.21. The number of hydrogen-bond acceptors (Lipinski definition) is 3. The second-order valence-corrected chi connectivity index (χ2v) is 7.76. The van der Waals surface area contributed by atoms with Gasteiger partial charge in [0, 0.05) is 48.9 Å². The molecule has 1 saturated heterocycles. The Kier molecular flexibility index (Phi) is 4.57. The standard InChI is InChI=1S/C23H26FN3O/c1-2-26-14-18(21-13-16-5-3-4-6-20(16)25-21)17-7-8-22(23(24)19(17)15-26)27-9-11-28-12-10-27/h3-8,13,18,25H,2,9-12,14-15H2,1H3. The van der Waals surface area contributed by atoms with Crippen LogP contribution in [0.4, 0.5) is 10.1 Å². The molecular formula is C23H26FN3O. The van der Waals surface area contributed by atoms with E-state index in [-0.39, 0.29) is 11.7 Å². The molecule has 5 rings (SSSR count). The fraction of sp³-hybridized carbons (Fsp3) is 0.391. The zero-order valence-electron chi connectivity index (χ0n) is 16.2. The monoisotopic (exact) mass is 379 g/mol. The van der Waals surface area contributed by atoms with E-state index in [1.54, 1.807) is 0 Å². The van der Waals surface area contributed by atoms with Crippen molar-refractivity contribution in [3.05, 3.63) is 65.1 Å². The largest absolute Gasteiger partial charge is 0.378 e. The number of anilines is 1. The topological polar surface area (TPSA) is 31.5 Å². The molecule has 2 aromatic carbocycles. The fourth-order valence-electron chi connectivity index (χ4n) is 4.59. The number of morpholine rings is 1. The number of ether oxygens (including phenoxy) is 1. The highest BCUT2D eigenvalue weighted by Crippen LogP contribution is 2.38. The molecule has 2 aliphatic heterocycles. The summed E-state index contributed by atoms with van der Waals surface area (Å²) in [4.78, 5) is 8.02. The number of rotatable bonds is 3. The summed E-state index contributed by atoms with van der Waals surface area (Å²) in [6, 6.07) is 14.7. The Bertz CT molecular complexity index is 960. The van der Waals surface area contributed by atoms with E-state index in [4.69, 9.17) is 4.74 Å². The summed E-state index contributed by atoms with van der Waals surface area (Å²) in [5.74, 6) is 0.100. The number of nitrogens with one attached hydrogen (secondary N) is 1. The lowest BCUT2D eigenvalue weighted by Crippen LogP contribution is -2.38. The number of nitrogens with zero attached hydrogens (tertiary/aromatic N) is 2. The lowest BCUT2D eigenvalue weighted by molar-refractivity contribution is 0.122. The van der Waals surface area contributed by atoms with Gasteiger partial charge in [-0.15, -0.1) is 0 Å². The van der Waals surface area contributed by atoms with E-state index in [0.717, 1.165) is 48.5 Å². The third-order valence-electron chi connectivity index (χ3n) is 6.18. The zero-order chi connectivity index (χ0) is 19.1. The highest BCUT2D eigenvalue weighted by atomic mass is 19.1. The van der Waals surface area contributed by atoms with Crippen LogP contribution in [0.1, 0.15) is 29.7 Å². The van der Waals surface area contributed by atoms with Crippen LogP contribution in [0.3, 0.4) is 0 Å². The number of halogens is 1. The maximum atomic E-state index is 15.6. The van der Waals surface area contributed by atoms with Gasteiger partial charge in [-0.05, 0) is 35.7 Å². The molecule has 1 N–H and O–H groups in total. The van der Waals surface area contributed by atoms with Gasteiger partial charge < -0.3 is 14.6 Å². The first-order chi connectivity index (χ1) is 13.7. The molecule has 146 valence electrons. The van der Waals surface area contributed by atoms with Crippen LogP contribution < -0.4 is 4.90 Å². The predicted octanol–water partition coefficient (Wildman–Crippen LogP) is 4.11. The summed E-state index contributed by atoms with van der Waals surface area (Å²) in [6.45, 7) is 7.47. The van der Waals surface area contributed by atoms with Crippen LogP contribution in [0, 0.1) is 5.82 Å². The van der Waals surface area contributed by atoms with Crippen LogP contribution in [-0.2, 0) is 11.3 Å². The molecule has 3 aromatic rings. The molecule has 28 heavy (non-hydrogen) atoms. The summed E-state index contributed by atoms with van der Waals surface area (Å²) < 4.78 is 21.1. The minimum atomic E-state index is -0.0568. The average Bonchev–Trinajstić information content (AvgIpc) is 3.18. The van der Waals surface area contributed by atoms with E-state index in [1.165, 1.54) is 11.1 Å². The molecule has 1 atom stereocenters. The van der Waals surface area contributed by atoms with Crippen molar-refractivity contribution in [3.63, 3.8) is 0 Å². The molecule has 0 spiro atoms. The molecular weight excluding hydrogens is 353 g/mol. The van der Waals surface area contributed by atoms with Crippen LogP contribution >= 0.6 is 0 Å². The molecule has 1 aromatic heterocycles. The molecule has 0 bridgehead atoms. The Labute approximate surface area is 164 Å². The van der Waals surface area contributed by atoms with Crippen molar-refractivity contribution in [2.24, 2.45) is 0 Å². The van der Waals surface area contributed by atoms with E-state index in [1.807, 2.05) is 12.1 Å². The van der Waals surface area contributed by atoms with E-state index in [0.29, 0.717) is 19.8 Å². The molecule has 0 radical (unpaired) electrons. The van der Waals surface area contributed by atoms with E-state index >= 15 is 4.39 Å². The van der Waals surface area contributed by atoms with Crippen LogP contribution in [0.5, 0.6) is 0 Å². The SMILES string of the molecule is CCN1Cc2c(ccc(N3CCOCC3)c2F)C(c2cc3ccccc3[nH]2)C1. The molecule has 1 fully saturated rings. The third-order valence-corrected chi connectivity index (χ3v) is 6.18. The molecule has 5 heteroatoms. The summed E-state index contributed by atoms with van der Waals surface area (Å²) in [6.07, 6.45) is 0. The maximum Gasteiger partial charge on any atom is 0.151 e. The Hall–Kier alpha value is -2.37. The number of hydrogen-bond donors (Lipinski definition) is 1. The van der Waals surface area contributed by atoms with Gasteiger partial charge in [0.1, 0.15) is 0 Å². The third kappa shape index (κ3) is 2.99. The summed E-state index contributed by atoms with van der Waals surface area (Å²) in [7, 11) is 0. The smallest absolute Gasteiger partial charge is 0.151 e. The van der Waals surface area contributed by atoms with E-state index in [9.17, 15) is 0 Å². The Morgan fingerprint density at radius 1 is 1.14 bits per heavy atom. The number of fused-ring (bicyclic) bond motifs is 2. The number of benzene rings is 2. The van der Waals surface area contributed by atoms with Gasteiger partial charge in [-0.1, -0.05) is 31.2 Å². The first-order valence-corrected chi connectivity index (χ1v) is 10.2. The molecule has 0 aliphatic carbocycles. The van der Waals surface area contributed by atoms with Crippen LogP contribution in [-0.4, -0.2) is 49.3 Å². The quantitative estimate of drug-likeness (QED) is 0.743. The highest BCUT2D eigenvalue weighted by Gasteiger charge is 2.31. The molecule has 2 aliphatic rings. The van der Waals surface area contributed by atoms with Crippen molar-refractivity contribution in [1.82, 2.24) is 9.88 Å². The first-order valence-electron chi connectivity index (χ1n) is 10.2. The lowest BCUT2D eigenvalue weighted by atomic mass is 9.86. The van der Waals surface area contributed by atoms with Gasteiger partial charge in [0.05, 0.1) is 18.9 Å².